The fourth-order valence-electron chi connectivity index (χ4n) is 1.11. The highest BCUT2D eigenvalue weighted by molar-refractivity contribution is 7.80. The first kappa shape index (κ1) is 13.8. The van der Waals surface area contributed by atoms with Crippen molar-refractivity contribution in [1.82, 2.24) is 0 Å². The third-order valence-corrected chi connectivity index (χ3v) is 3.11. The van der Waals surface area contributed by atoms with Gasteiger partial charge in [0, 0.05) is 11.5 Å². The first-order valence-electron chi connectivity index (χ1n) is 5.21. The van der Waals surface area contributed by atoms with Crippen LogP contribution in [0.2, 0.25) is 0 Å². The smallest absolute Gasteiger partial charge is 0.162 e. The monoisotopic (exact) mass is 259 g/mol. The normalized spacial score (nSPS) is 11.3. The van der Waals surface area contributed by atoms with Crippen LogP contribution in [0.4, 0.5) is 8.78 Å². The Balaban J connectivity index is 2.51. The van der Waals surface area contributed by atoms with Crippen molar-refractivity contribution < 1.29 is 13.5 Å². The second-order valence-electron chi connectivity index (χ2n) is 4.42. The van der Waals surface area contributed by atoms with E-state index >= 15 is 0 Å². The Bertz CT molecular complexity index is 421. The topological polar surface area (TPSA) is 35.2 Å². The zero-order valence-electron chi connectivity index (χ0n) is 9.80. The molecule has 5 heteroatoms. The van der Waals surface area contributed by atoms with Crippen molar-refractivity contribution in [3.63, 3.8) is 0 Å². The predicted molar refractivity (Wildman–Crippen MR) is 67.0 cm³/mol. The molecule has 0 radical (unpaired) electrons. The summed E-state index contributed by atoms with van der Waals surface area (Å²) in [5.74, 6) is -1.51. The fourth-order valence-corrected chi connectivity index (χ4v) is 1.22. The van der Waals surface area contributed by atoms with Crippen LogP contribution in [0.1, 0.15) is 20.3 Å². The lowest BCUT2D eigenvalue weighted by Gasteiger charge is -2.22. The molecule has 0 aliphatic heterocycles. The summed E-state index contributed by atoms with van der Waals surface area (Å²) in [5, 5.41) is 0. The van der Waals surface area contributed by atoms with Gasteiger partial charge in [0.05, 0.1) is 11.6 Å². The molecule has 0 aliphatic rings. The Hall–Kier alpha value is -1.23. The van der Waals surface area contributed by atoms with Crippen molar-refractivity contribution in [3.05, 3.63) is 29.8 Å². The van der Waals surface area contributed by atoms with E-state index in [1.807, 2.05) is 13.8 Å². The number of hydrogen-bond acceptors (Lipinski definition) is 2. The molecular formula is C12H15F2NOS. The molecule has 0 unspecified atom stereocenters. The van der Waals surface area contributed by atoms with E-state index in [1.54, 1.807) is 0 Å². The van der Waals surface area contributed by atoms with Crippen LogP contribution in [-0.2, 0) is 0 Å². The maximum absolute atomic E-state index is 12.9. The Morgan fingerprint density at radius 1 is 1.35 bits per heavy atom. The van der Waals surface area contributed by atoms with Crippen molar-refractivity contribution in [1.29, 1.82) is 0 Å². The standard InChI is InChI=1S/C12H15F2NOS/c1-12(2,11(15)17)5-6-16-8-3-4-9(13)10(14)7-8/h3-4,7H,5-6H2,1-2H3,(H2,15,17). The number of nitrogens with two attached hydrogens (primary N) is 1. The molecule has 0 heterocycles. The van der Waals surface area contributed by atoms with Crippen LogP contribution in [0.15, 0.2) is 18.2 Å². The minimum Gasteiger partial charge on any atom is -0.493 e. The average molecular weight is 259 g/mol. The number of ether oxygens (including phenoxy) is 1. The van der Waals surface area contributed by atoms with Crippen molar-refractivity contribution in [2.24, 2.45) is 11.1 Å². The van der Waals surface area contributed by atoms with Crippen LogP contribution in [0.5, 0.6) is 5.75 Å². The molecule has 1 aromatic carbocycles. The predicted octanol–water partition coefficient (Wildman–Crippen LogP) is 3.05. The highest BCUT2D eigenvalue weighted by Crippen LogP contribution is 2.22. The Kier molecular flexibility index (Phi) is 4.40. The third-order valence-electron chi connectivity index (χ3n) is 2.55. The molecule has 0 saturated carbocycles. The highest BCUT2D eigenvalue weighted by atomic mass is 32.1. The summed E-state index contributed by atoms with van der Waals surface area (Å²) in [5.41, 5.74) is 5.25. The summed E-state index contributed by atoms with van der Waals surface area (Å²) in [6, 6.07) is 3.43. The van der Waals surface area contributed by atoms with Gasteiger partial charge in [-0.05, 0) is 18.6 Å². The van der Waals surface area contributed by atoms with E-state index in [1.165, 1.54) is 6.07 Å². The minimum absolute atomic E-state index is 0.294. The van der Waals surface area contributed by atoms with E-state index in [0.29, 0.717) is 23.8 Å². The third kappa shape index (κ3) is 3.93. The summed E-state index contributed by atoms with van der Waals surface area (Å²) in [6.45, 7) is 4.16. The van der Waals surface area contributed by atoms with Crippen molar-refractivity contribution in [2.75, 3.05) is 6.61 Å². The summed E-state index contributed by atoms with van der Waals surface area (Å²) in [4.78, 5) is 0.409. The largest absolute Gasteiger partial charge is 0.493 e. The maximum Gasteiger partial charge on any atom is 0.162 e. The SMILES string of the molecule is CC(C)(CCOc1ccc(F)c(F)c1)C(N)=S. The molecule has 17 heavy (non-hydrogen) atoms. The van der Waals surface area contributed by atoms with Crippen molar-refractivity contribution in [2.45, 2.75) is 20.3 Å². The molecule has 0 saturated heterocycles. The van der Waals surface area contributed by atoms with Gasteiger partial charge in [0.2, 0.25) is 0 Å². The van der Waals surface area contributed by atoms with E-state index in [0.717, 1.165) is 12.1 Å². The lowest BCUT2D eigenvalue weighted by atomic mass is 9.90. The van der Waals surface area contributed by atoms with Gasteiger partial charge in [0.1, 0.15) is 5.75 Å². The first-order chi connectivity index (χ1) is 7.83. The second-order valence-corrected chi connectivity index (χ2v) is 4.86. The van der Waals surface area contributed by atoms with E-state index in [-0.39, 0.29) is 5.41 Å². The number of thiocarbonyl (C=S) groups is 1. The molecule has 1 rings (SSSR count). The zero-order valence-corrected chi connectivity index (χ0v) is 10.6. The molecule has 0 aromatic heterocycles. The molecule has 2 nitrogen and oxygen atoms in total. The summed E-state index contributed by atoms with van der Waals surface area (Å²) < 4.78 is 30.8. The van der Waals surface area contributed by atoms with Gasteiger partial charge in [0.15, 0.2) is 11.6 Å². The summed E-state index contributed by atoms with van der Waals surface area (Å²) in [6.07, 6.45) is 0.612. The summed E-state index contributed by atoms with van der Waals surface area (Å²) in [7, 11) is 0. The second kappa shape index (κ2) is 5.40. The molecule has 94 valence electrons. The average Bonchev–Trinajstić information content (AvgIpc) is 2.23. The van der Waals surface area contributed by atoms with Crippen LogP contribution in [0, 0.1) is 17.0 Å². The van der Waals surface area contributed by atoms with Crippen LogP contribution in [0.25, 0.3) is 0 Å². The zero-order chi connectivity index (χ0) is 13.1. The summed E-state index contributed by atoms with van der Waals surface area (Å²) >= 11 is 4.91. The van der Waals surface area contributed by atoms with Gasteiger partial charge < -0.3 is 10.5 Å². The van der Waals surface area contributed by atoms with Gasteiger partial charge in [0.25, 0.3) is 0 Å². The van der Waals surface area contributed by atoms with Crippen LogP contribution >= 0.6 is 12.2 Å². The minimum atomic E-state index is -0.920. The molecular weight excluding hydrogens is 244 g/mol. The van der Waals surface area contributed by atoms with E-state index in [4.69, 9.17) is 22.7 Å². The lowest BCUT2D eigenvalue weighted by molar-refractivity contribution is 0.269. The van der Waals surface area contributed by atoms with Gasteiger partial charge in [-0.15, -0.1) is 0 Å². The Morgan fingerprint density at radius 2 is 2.00 bits per heavy atom. The van der Waals surface area contributed by atoms with E-state index in [2.05, 4.69) is 0 Å². The first-order valence-corrected chi connectivity index (χ1v) is 5.61. The van der Waals surface area contributed by atoms with E-state index < -0.39 is 11.6 Å². The van der Waals surface area contributed by atoms with Gasteiger partial charge in [-0.25, -0.2) is 8.78 Å². The van der Waals surface area contributed by atoms with Crippen LogP contribution < -0.4 is 10.5 Å². The maximum atomic E-state index is 12.9. The molecule has 0 bridgehead atoms. The van der Waals surface area contributed by atoms with Gasteiger partial charge in [-0.1, -0.05) is 26.1 Å². The quantitative estimate of drug-likeness (QED) is 0.825. The molecule has 0 atom stereocenters. The van der Waals surface area contributed by atoms with Gasteiger partial charge in [-0.2, -0.15) is 0 Å². The highest BCUT2D eigenvalue weighted by Gasteiger charge is 2.21. The molecule has 0 spiro atoms. The molecule has 2 N–H and O–H groups in total. The van der Waals surface area contributed by atoms with Gasteiger partial charge >= 0.3 is 0 Å². The van der Waals surface area contributed by atoms with Crippen LogP contribution in [-0.4, -0.2) is 11.6 Å². The van der Waals surface area contributed by atoms with Crippen molar-refractivity contribution in [3.8, 4) is 5.75 Å². The Labute approximate surface area is 105 Å². The molecule has 0 aliphatic carbocycles. The molecule has 0 fully saturated rings. The fraction of sp³-hybridized carbons (Fsp3) is 0.417. The Morgan fingerprint density at radius 3 is 2.53 bits per heavy atom. The number of hydrogen-bond donors (Lipinski definition) is 1. The van der Waals surface area contributed by atoms with Crippen LogP contribution in [0.3, 0.4) is 0 Å². The van der Waals surface area contributed by atoms with Crippen molar-refractivity contribution >= 4 is 17.2 Å². The molecule has 1 aromatic rings. The van der Waals surface area contributed by atoms with E-state index in [9.17, 15) is 8.78 Å². The van der Waals surface area contributed by atoms with Gasteiger partial charge in [-0.3, -0.25) is 0 Å². The lowest BCUT2D eigenvalue weighted by Crippen LogP contribution is -2.31. The number of halogens is 2. The number of benzene rings is 1. The molecule has 0 amide bonds. The number of rotatable bonds is 5.